The number of aromatic nitrogens is 1. The third-order valence-electron chi connectivity index (χ3n) is 6.63. The third kappa shape index (κ3) is 5.13. The van der Waals surface area contributed by atoms with Crippen molar-refractivity contribution >= 4 is 43.9 Å². The minimum Gasteiger partial charge on any atom is -0.497 e. The summed E-state index contributed by atoms with van der Waals surface area (Å²) in [5.41, 5.74) is 7.49. The van der Waals surface area contributed by atoms with Crippen molar-refractivity contribution in [3.8, 4) is 5.75 Å². The number of nitrogens with two attached hydrogens (primary N) is 1. The van der Waals surface area contributed by atoms with Gasteiger partial charge < -0.3 is 15.4 Å². The van der Waals surface area contributed by atoms with E-state index in [0.717, 1.165) is 21.9 Å². The number of rotatable bonds is 9. The van der Waals surface area contributed by atoms with Crippen LogP contribution in [-0.4, -0.2) is 54.0 Å². The first-order valence-electron chi connectivity index (χ1n) is 11.9. The van der Waals surface area contributed by atoms with E-state index in [1.54, 1.807) is 54.6 Å². The molecule has 1 aliphatic heterocycles. The van der Waals surface area contributed by atoms with Crippen molar-refractivity contribution in [3.05, 3.63) is 88.4 Å². The Morgan fingerprint density at radius 1 is 1.16 bits per heavy atom. The van der Waals surface area contributed by atoms with Gasteiger partial charge in [0.1, 0.15) is 23.3 Å². The molecule has 0 radical (unpaired) electrons. The first kappa shape index (κ1) is 25.8. The zero-order valence-electron chi connectivity index (χ0n) is 20.7. The highest BCUT2D eigenvalue weighted by Gasteiger charge is 2.42. The molecule has 0 spiro atoms. The highest BCUT2D eigenvalue weighted by atomic mass is 32.2. The van der Waals surface area contributed by atoms with Gasteiger partial charge in [0.2, 0.25) is 15.9 Å². The lowest BCUT2D eigenvalue weighted by Gasteiger charge is -2.27. The molecule has 11 heteroatoms. The van der Waals surface area contributed by atoms with E-state index >= 15 is 0 Å². The van der Waals surface area contributed by atoms with Gasteiger partial charge in [-0.05, 0) is 81.5 Å². The number of amides is 1. The maximum atomic E-state index is 14.1. The molecule has 0 bridgehead atoms. The Bertz CT molecular complexity index is 1610. The lowest BCUT2D eigenvalue weighted by atomic mass is 10.1. The Kier molecular flexibility index (Phi) is 7.15. The second kappa shape index (κ2) is 10.5. The van der Waals surface area contributed by atoms with Crippen LogP contribution in [0.4, 0.5) is 0 Å². The standard InChI is InChI=1S/C27H27N5O4S2/c1-36-22-4-2-20-3-5-23(14-21(20)13-22)38(34,35)32(16-19-8-11-37-17-19)25-7-10-31(27(25)33)15-18-6-9-30-24(12-18)26(28)29/h2-6,8-9,11-14,17,25H,7,10,15-16H2,1H3,(H3,28,29)/t25-/m0/s1. The highest BCUT2D eigenvalue weighted by Crippen LogP contribution is 2.31. The van der Waals surface area contributed by atoms with Crippen molar-refractivity contribution in [2.75, 3.05) is 13.7 Å². The zero-order chi connectivity index (χ0) is 26.9. The lowest BCUT2D eigenvalue weighted by Crippen LogP contribution is -2.44. The molecule has 1 aliphatic rings. The number of thiophene rings is 1. The average Bonchev–Trinajstić information content (AvgIpc) is 3.56. The molecule has 196 valence electrons. The largest absolute Gasteiger partial charge is 0.497 e. The van der Waals surface area contributed by atoms with Gasteiger partial charge in [-0.2, -0.15) is 15.6 Å². The Labute approximate surface area is 225 Å². The topological polar surface area (TPSA) is 130 Å². The summed E-state index contributed by atoms with van der Waals surface area (Å²) in [6.07, 6.45) is 1.92. The number of carbonyl (C=O) groups excluding carboxylic acids is 1. The molecule has 2 aromatic carbocycles. The number of nitrogen functional groups attached to an aromatic ring is 1. The average molecular weight is 550 g/mol. The number of nitrogens with one attached hydrogen (secondary N) is 1. The number of ether oxygens (including phenoxy) is 1. The van der Waals surface area contributed by atoms with Crippen LogP contribution in [0.2, 0.25) is 0 Å². The van der Waals surface area contributed by atoms with Crippen molar-refractivity contribution in [3.63, 3.8) is 0 Å². The number of fused-ring (bicyclic) bond motifs is 1. The highest BCUT2D eigenvalue weighted by molar-refractivity contribution is 7.89. The molecule has 1 saturated heterocycles. The number of benzene rings is 2. The van der Waals surface area contributed by atoms with Gasteiger partial charge >= 0.3 is 0 Å². The number of hydrogen-bond donors (Lipinski definition) is 2. The van der Waals surface area contributed by atoms with Crippen LogP contribution >= 0.6 is 11.3 Å². The van der Waals surface area contributed by atoms with Gasteiger partial charge in [0.05, 0.1) is 12.0 Å². The first-order chi connectivity index (χ1) is 18.3. The summed E-state index contributed by atoms with van der Waals surface area (Å²) in [4.78, 5) is 19.4. The second-order valence-electron chi connectivity index (χ2n) is 9.08. The van der Waals surface area contributed by atoms with Gasteiger partial charge in [-0.15, -0.1) is 0 Å². The van der Waals surface area contributed by atoms with E-state index in [4.69, 9.17) is 15.9 Å². The molecule has 3 heterocycles. The van der Waals surface area contributed by atoms with E-state index in [9.17, 15) is 13.2 Å². The second-order valence-corrected chi connectivity index (χ2v) is 11.8. The molecule has 2 aromatic heterocycles. The van der Waals surface area contributed by atoms with Crippen LogP contribution in [-0.2, 0) is 27.9 Å². The fraction of sp³-hybridized carbons (Fsp3) is 0.222. The van der Waals surface area contributed by atoms with Crippen molar-refractivity contribution in [2.45, 2.75) is 30.4 Å². The van der Waals surface area contributed by atoms with E-state index in [-0.39, 0.29) is 29.7 Å². The monoisotopic (exact) mass is 549 g/mol. The maximum Gasteiger partial charge on any atom is 0.244 e. The smallest absolute Gasteiger partial charge is 0.244 e. The summed E-state index contributed by atoms with van der Waals surface area (Å²) >= 11 is 1.48. The Hall–Kier alpha value is -3.80. The summed E-state index contributed by atoms with van der Waals surface area (Å²) in [6, 6.07) is 14.9. The molecule has 0 saturated carbocycles. The number of sulfonamides is 1. The number of carbonyl (C=O) groups is 1. The predicted octanol–water partition coefficient (Wildman–Crippen LogP) is 3.58. The van der Waals surface area contributed by atoms with E-state index in [1.165, 1.54) is 15.6 Å². The van der Waals surface area contributed by atoms with Crippen LogP contribution < -0.4 is 10.5 Å². The minimum atomic E-state index is -4.02. The minimum absolute atomic E-state index is 0.0932. The van der Waals surface area contributed by atoms with Crippen LogP contribution in [0, 0.1) is 5.41 Å². The number of hydrogen-bond acceptors (Lipinski definition) is 7. The SMILES string of the molecule is COc1ccc2ccc(S(=O)(=O)N(Cc3ccsc3)[C@H]3CCN(Cc4ccnc(C(=N)N)c4)C3=O)cc2c1. The van der Waals surface area contributed by atoms with Crippen LogP contribution in [0.1, 0.15) is 23.2 Å². The fourth-order valence-electron chi connectivity index (χ4n) is 4.64. The molecule has 38 heavy (non-hydrogen) atoms. The quantitative estimate of drug-likeness (QED) is 0.243. The molecule has 0 unspecified atom stereocenters. The fourth-order valence-corrected chi connectivity index (χ4v) is 6.93. The summed E-state index contributed by atoms with van der Waals surface area (Å²) in [5, 5.41) is 13.0. The summed E-state index contributed by atoms with van der Waals surface area (Å²) < 4.78 is 34.7. The summed E-state index contributed by atoms with van der Waals surface area (Å²) in [7, 11) is -2.46. The normalized spacial score (nSPS) is 15.9. The molecule has 5 rings (SSSR count). The maximum absolute atomic E-state index is 14.1. The lowest BCUT2D eigenvalue weighted by molar-refractivity contribution is -0.131. The Morgan fingerprint density at radius 2 is 1.97 bits per heavy atom. The van der Waals surface area contributed by atoms with Crippen molar-refractivity contribution in [2.24, 2.45) is 5.73 Å². The number of amidine groups is 1. The van der Waals surface area contributed by atoms with Gasteiger partial charge in [0, 0.05) is 25.8 Å². The number of pyridine rings is 1. The molecule has 1 amide bonds. The molecule has 1 fully saturated rings. The van der Waals surface area contributed by atoms with Crippen molar-refractivity contribution in [1.82, 2.24) is 14.2 Å². The first-order valence-corrected chi connectivity index (χ1v) is 14.3. The summed E-state index contributed by atoms with van der Waals surface area (Å²) in [6.45, 7) is 0.780. The van der Waals surface area contributed by atoms with E-state index in [1.807, 2.05) is 29.0 Å². The Balaban J connectivity index is 1.47. The van der Waals surface area contributed by atoms with Crippen LogP contribution in [0.3, 0.4) is 0 Å². The molecular formula is C27H27N5O4S2. The van der Waals surface area contributed by atoms with Crippen molar-refractivity contribution in [1.29, 1.82) is 5.41 Å². The molecule has 0 aliphatic carbocycles. The van der Waals surface area contributed by atoms with Crippen LogP contribution in [0.5, 0.6) is 5.75 Å². The van der Waals surface area contributed by atoms with Crippen molar-refractivity contribution < 1.29 is 17.9 Å². The van der Waals surface area contributed by atoms with Gasteiger partial charge in [-0.1, -0.05) is 12.1 Å². The van der Waals surface area contributed by atoms with Gasteiger partial charge in [-0.3, -0.25) is 15.2 Å². The third-order valence-corrected chi connectivity index (χ3v) is 9.22. The van der Waals surface area contributed by atoms with Gasteiger partial charge in [0.25, 0.3) is 0 Å². The Morgan fingerprint density at radius 3 is 2.71 bits per heavy atom. The van der Waals surface area contributed by atoms with Gasteiger partial charge in [-0.25, -0.2) is 8.42 Å². The van der Waals surface area contributed by atoms with Crippen LogP contribution in [0.25, 0.3) is 10.8 Å². The van der Waals surface area contributed by atoms with E-state index in [0.29, 0.717) is 24.4 Å². The van der Waals surface area contributed by atoms with Gasteiger partial charge in [0.15, 0.2) is 0 Å². The van der Waals surface area contributed by atoms with E-state index in [2.05, 4.69) is 4.98 Å². The summed E-state index contributed by atoms with van der Waals surface area (Å²) in [5.74, 6) is 0.221. The predicted molar refractivity (Wildman–Crippen MR) is 147 cm³/mol. The zero-order valence-corrected chi connectivity index (χ0v) is 22.3. The molecule has 3 N–H and O–H groups in total. The van der Waals surface area contributed by atoms with E-state index < -0.39 is 16.1 Å². The molecule has 9 nitrogen and oxygen atoms in total. The number of methoxy groups -OCH3 is 1. The van der Waals surface area contributed by atoms with Crippen LogP contribution in [0.15, 0.2) is 76.4 Å². The number of nitrogens with zero attached hydrogens (tertiary/aromatic N) is 3. The molecular weight excluding hydrogens is 522 g/mol. The molecule has 1 atom stereocenters. The molecule has 4 aromatic rings. The number of likely N-dealkylation sites (tertiary alicyclic amines) is 1.